The fourth-order valence-corrected chi connectivity index (χ4v) is 2.64. The number of rotatable bonds is 5. The van der Waals surface area contributed by atoms with Crippen LogP contribution in [0.1, 0.15) is 25.3 Å². The number of aromatic hydroxyl groups is 1. The Morgan fingerprint density at radius 1 is 1.39 bits per heavy atom. The van der Waals surface area contributed by atoms with Crippen LogP contribution >= 0.6 is 23.2 Å². The van der Waals surface area contributed by atoms with Crippen LogP contribution in [0.25, 0.3) is 0 Å². The third-order valence-electron chi connectivity index (χ3n) is 3.60. The van der Waals surface area contributed by atoms with Crippen LogP contribution in [0.3, 0.4) is 0 Å². The monoisotopic (exact) mass is 289 g/mol. The number of aliphatic hydroxyl groups excluding tert-OH is 1. The van der Waals surface area contributed by atoms with Crippen molar-refractivity contribution in [2.75, 3.05) is 6.61 Å². The smallest absolute Gasteiger partial charge is 0.138 e. The summed E-state index contributed by atoms with van der Waals surface area (Å²) in [5, 5.41) is 23.4. The number of halogens is 2. The van der Waals surface area contributed by atoms with E-state index in [0.717, 1.165) is 12.8 Å². The molecule has 0 bridgehead atoms. The van der Waals surface area contributed by atoms with E-state index in [-0.39, 0.29) is 22.9 Å². The Kier molecular flexibility index (Phi) is 4.07. The van der Waals surface area contributed by atoms with E-state index in [2.05, 4.69) is 5.32 Å². The number of hydrogen-bond donors (Lipinski definition) is 3. The topological polar surface area (TPSA) is 52.5 Å². The summed E-state index contributed by atoms with van der Waals surface area (Å²) in [5.41, 5.74) is 0.342. The lowest BCUT2D eigenvalue weighted by molar-refractivity contribution is 0.153. The average Bonchev–Trinajstić information content (AvgIpc) is 3.16. The van der Waals surface area contributed by atoms with Crippen molar-refractivity contribution in [3.8, 4) is 5.75 Å². The SMILES string of the molecule is CC(CO)(NCc1cc(Cl)cc(Cl)c1O)C1CC1. The summed E-state index contributed by atoms with van der Waals surface area (Å²) >= 11 is 11.8. The highest BCUT2D eigenvalue weighted by Crippen LogP contribution is 2.40. The fourth-order valence-electron chi connectivity index (χ4n) is 2.10. The van der Waals surface area contributed by atoms with Crippen molar-refractivity contribution in [3.05, 3.63) is 27.7 Å². The van der Waals surface area contributed by atoms with Gasteiger partial charge in [0.1, 0.15) is 5.75 Å². The van der Waals surface area contributed by atoms with Gasteiger partial charge in [-0.25, -0.2) is 0 Å². The molecule has 1 aromatic carbocycles. The van der Waals surface area contributed by atoms with Gasteiger partial charge in [0, 0.05) is 22.7 Å². The molecule has 0 spiro atoms. The van der Waals surface area contributed by atoms with E-state index in [0.29, 0.717) is 23.0 Å². The van der Waals surface area contributed by atoms with Crippen LogP contribution in [0.4, 0.5) is 0 Å². The van der Waals surface area contributed by atoms with Crippen molar-refractivity contribution in [2.45, 2.75) is 31.8 Å². The highest BCUT2D eigenvalue weighted by molar-refractivity contribution is 6.35. The van der Waals surface area contributed by atoms with Crippen LogP contribution in [-0.2, 0) is 6.54 Å². The molecule has 0 amide bonds. The number of aliphatic hydroxyl groups is 1. The third-order valence-corrected chi connectivity index (χ3v) is 4.10. The van der Waals surface area contributed by atoms with Crippen LogP contribution in [0, 0.1) is 5.92 Å². The molecule has 1 unspecified atom stereocenters. The van der Waals surface area contributed by atoms with Crippen molar-refractivity contribution in [1.82, 2.24) is 5.32 Å². The second-order valence-corrected chi connectivity index (χ2v) is 5.94. The van der Waals surface area contributed by atoms with Gasteiger partial charge >= 0.3 is 0 Å². The van der Waals surface area contributed by atoms with Gasteiger partial charge in [-0.15, -0.1) is 0 Å². The molecular weight excluding hydrogens is 273 g/mol. The van der Waals surface area contributed by atoms with Gasteiger partial charge in [0.05, 0.1) is 11.6 Å². The first-order chi connectivity index (χ1) is 8.46. The summed E-state index contributed by atoms with van der Waals surface area (Å²) in [7, 11) is 0. The summed E-state index contributed by atoms with van der Waals surface area (Å²) < 4.78 is 0. The standard InChI is InChI=1S/C13H17Cl2NO2/c1-13(7-17,9-2-3-9)16-6-8-4-10(14)5-11(15)12(8)18/h4-5,9,16-18H,2-3,6-7H2,1H3. The van der Waals surface area contributed by atoms with E-state index < -0.39 is 0 Å². The molecule has 1 aromatic rings. The number of nitrogens with one attached hydrogen (secondary N) is 1. The highest BCUT2D eigenvalue weighted by Gasteiger charge is 2.40. The van der Waals surface area contributed by atoms with E-state index >= 15 is 0 Å². The van der Waals surface area contributed by atoms with E-state index in [1.165, 1.54) is 6.07 Å². The van der Waals surface area contributed by atoms with Crippen LogP contribution in [0.2, 0.25) is 10.0 Å². The first-order valence-electron chi connectivity index (χ1n) is 5.99. The molecule has 1 saturated carbocycles. The number of phenols is 1. The molecule has 0 heterocycles. The van der Waals surface area contributed by atoms with Crippen molar-refractivity contribution in [1.29, 1.82) is 0 Å². The van der Waals surface area contributed by atoms with Gasteiger partial charge < -0.3 is 15.5 Å². The predicted molar refractivity (Wildman–Crippen MR) is 73.2 cm³/mol. The second-order valence-electron chi connectivity index (χ2n) is 5.10. The van der Waals surface area contributed by atoms with Gasteiger partial charge in [-0.1, -0.05) is 23.2 Å². The molecule has 1 aliphatic carbocycles. The Morgan fingerprint density at radius 2 is 2.06 bits per heavy atom. The molecule has 3 N–H and O–H groups in total. The van der Waals surface area contributed by atoms with Crippen molar-refractivity contribution < 1.29 is 10.2 Å². The van der Waals surface area contributed by atoms with Crippen LogP contribution in [-0.4, -0.2) is 22.4 Å². The lowest BCUT2D eigenvalue weighted by atomic mass is 9.96. The number of hydrogen-bond acceptors (Lipinski definition) is 3. The first-order valence-corrected chi connectivity index (χ1v) is 6.74. The van der Waals surface area contributed by atoms with Gasteiger partial charge in [-0.3, -0.25) is 0 Å². The number of phenolic OH excluding ortho intramolecular Hbond substituents is 1. The second kappa shape index (κ2) is 5.25. The molecule has 0 aliphatic heterocycles. The summed E-state index contributed by atoms with van der Waals surface area (Å²) in [4.78, 5) is 0. The van der Waals surface area contributed by atoms with Gasteiger partial charge in [0.2, 0.25) is 0 Å². The molecule has 100 valence electrons. The zero-order valence-electron chi connectivity index (χ0n) is 10.2. The van der Waals surface area contributed by atoms with Gasteiger partial charge in [0.15, 0.2) is 0 Å². The molecule has 1 aliphatic rings. The lowest BCUT2D eigenvalue weighted by Gasteiger charge is -2.29. The third kappa shape index (κ3) is 2.91. The van der Waals surface area contributed by atoms with Crippen LogP contribution in [0.15, 0.2) is 12.1 Å². The maximum Gasteiger partial charge on any atom is 0.138 e. The van der Waals surface area contributed by atoms with Gasteiger partial charge in [-0.05, 0) is 37.8 Å². The summed E-state index contributed by atoms with van der Waals surface area (Å²) in [6.45, 7) is 2.50. The Morgan fingerprint density at radius 3 is 2.61 bits per heavy atom. The molecular formula is C13H17Cl2NO2. The van der Waals surface area contributed by atoms with E-state index in [9.17, 15) is 10.2 Å². The van der Waals surface area contributed by atoms with Gasteiger partial charge in [0.25, 0.3) is 0 Å². The summed E-state index contributed by atoms with van der Waals surface area (Å²) in [6, 6.07) is 3.19. The zero-order valence-corrected chi connectivity index (χ0v) is 11.7. The molecule has 5 heteroatoms. The molecule has 18 heavy (non-hydrogen) atoms. The number of benzene rings is 1. The molecule has 1 fully saturated rings. The fraction of sp³-hybridized carbons (Fsp3) is 0.538. The highest BCUT2D eigenvalue weighted by atomic mass is 35.5. The minimum Gasteiger partial charge on any atom is -0.506 e. The van der Waals surface area contributed by atoms with Gasteiger partial charge in [-0.2, -0.15) is 0 Å². The minimum absolute atomic E-state index is 0.0460. The lowest BCUT2D eigenvalue weighted by Crippen LogP contribution is -2.47. The molecule has 0 aromatic heterocycles. The van der Waals surface area contributed by atoms with Crippen molar-refractivity contribution in [3.63, 3.8) is 0 Å². The van der Waals surface area contributed by atoms with Crippen LogP contribution in [0.5, 0.6) is 5.75 Å². The molecule has 0 radical (unpaired) electrons. The maximum absolute atomic E-state index is 9.85. The maximum atomic E-state index is 9.85. The quantitative estimate of drug-likeness (QED) is 0.781. The Balaban J connectivity index is 2.10. The largest absolute Gasteiger partial charge is 0.506 e. The van der Waals surface area contributed by atoms with E-state index in [4.69, 9.17) is 23.2 Å². The molecule has 1 atom stereocenters. The van der Waals surface area contributed by atoms with E-state index in [1.807, 2.05) is 6.92 Å². The van der Waals surface area contributed by atoms with Crippen molar-refractivity contribution >= 4 is 23.2 Å². The molecule has 0 saturated heterocycles. The Labute approximate surface area is 117 Å². The molecule has 3 nitrogen and oxygen atoms in total. The normalized spacial score (nSPS) is 18.7. The van der Waals surface area contributed by atoms with E-state index in [1.54, 1.807) is 6.07 Å². The first kappa shape index (κ1) is 13.9. The van der Waals surface area contributed by atoms with Crippen LogP contribution < -0.4 is 5.32 Å². The predicted octanol–water partition coefficient (Wildman–Crippen LogP) is 2.95. The summed E-state index contributed by atoms with van der Waals surface area (Å²) in [6.07, 6.45) is 2.26. The molecule has 2 rings (SSSR count). The zero-order chi connectivity index (χ0) is 13.3. The van der Waals surface area contributed by atoms with Crippen molar-refractivity contribution in [2.24, 2.45) is 5.92 Å². The average molecular weight is 290 g/mol. The minimum atomic E-state index is -0.304. The Hall–Kier alpha value is -0.480. The Bertz CT molecular complexity index is 449. The summed E-state index contributed by atoms with van der Waals surface area (Å²) in [5.74, 6) is 0.545.